The normalized spacial score (nSPS) is 20.4. The van der Waals surface area contributed by atoms with Crippen molar-refractivity contribution in [3.8, 4) is 5.75 Å². The molecule has 24 heavy (non-hydrogen) atoms. The van der Waals surface area contributed by atoms with Crippen molar-refractivity contribution >= 4 is 29.9 Å². The number of hydrogen-bond acceptors (Lipinski definition) is 3. The highest BCUT2D eigenvalue weighted by Crippen LogP contribution is 2.23. The molecular formula is C18H30IN3O2. The fourth-order valence-corrected chi connectivity index (χ4v) is 2.81. The first-order valence-corrected chi connectivity index (χ1v) is 8.28. The summed E-state index contributed by atoms with van der Waals surface area (Å²) in [6.45, 7) is 6.67. The van der Waals surface area contributed by atoms with E-state index in [1.54, 1.807) is 14.2 Å². The summed E-state index contributed by atoms with van der Waals surface area (Å²) < 4.78 is 11.2. The van der Waals surface area contributed by atoms with Crippen LogP contribution in [-0.4, -0.2) is 45.4 Å². The van der Waals surface area contributed by atoms with Crippen LogP contribution in [0.3, 0.4) is 0 Å². The highest BCUT2D eigenvalue weighted by Gasteiger charge is 2.29. The average Bonchev–Trinajstić information content (AvgIpc) is 2.99. The topological polar surface area (TPSA) is 54.9 Å². The van der Waals surface area contributed by atoms with E-state index >= 15 is 0 Å². The zero-order chi connectivity index (χ0) is 16.7. The SMILES string of the molecule is CN=C(NCCc1ccc(C)c(OC)c1)NCC1(C)CCCO1.I. The van der Waals surface area contributed by atoms with Gasteiger partial charge in [0.25, 0.3) is 0 Å². The molecule has 0 aromatic heterocycles. The lowest BCUT2D eigenvalue weighted by Crippen LogP contribution is -2.45. The van der Waals surface area contributed by atoms with Crippen molar-refractivity contribution in [3.05, 3.63) is 29.3 Å². The number of rotatable bonds is 6. The van der Waals surface area contributed by atoms with E-state index in [0.717, 1.165) is 56.2 Å². The highest BCUT2D eigenvalue weighted by molar-refractivity contribution is 14.0. The number of hydrogen-bond donors (Lipinski definition) is 2. The summed E-state index contributed by atoms with van der Waals surface area (Å²) in [4.78, 5) is 4.27. The van der Waals surface area contributed by atoms with Gasteiger partial charge in [0.1, 0.15) is 5.75 Å². The van der Waals surface area contributed by atoms with E-state index in [-0.39, 0.29) is 29.6 Å². The molecule has 1 aromatic carbocycles. The first kappa shape index (κ1) is 21.0. The predicted molar refractivity (Wildman–Crippen MR) is 110 cm³/mol. The molecule has 0 bridgehead atoms. The Morgan fingerprint density at radius 2 is 2.17 bits per heavy atom. The Hall–Kier alpha value is -1.02. The lowest BCUT2D eigenvalue weighted by molar-refractivity contribution is 0.0243. The van der Waals surface area contributed by atoms with E-state index in [1.807, 2.05) is 0 Å². The predicted octanol–water partition coefficient (Wildman–Crippen LogP) is 2.90. The largest absolute Gasteiger partial charge is 0.496 e. The second-order valence-electron chi connectivity index (χ2n) is 6.31. The lowest BCUT2D eigenvalue weighted by atomic mass is 10.0. The van der Waals surface area contributed by atoms with E-state index in [4.69, 9.17) is 9.47 Å². The van der Waals surface area contributed by atoms with Gasteiger partial charge in [0.2, 0.25) is 0 Å². The summed E-state index contributed by atoms with van der Waals surface area (Å²) in [6, 6.07) is 6.34. The molecule has 6 heteroatoms. The van der Waals surface area contributed by atoms with Crippen LogP contribution in [0.2, 0.25) is 0 Å². The van der Waals surface area contributed by atoms with Gasteiger partial charge in [0, 0.05) is 26.7 Å². The molecule has 0 saturated carbocycles. The Morgan fingerprint density at radius 3 is 2.79 bits per heavy atom. The highest BCUT2D eigenvalue weighted by atomic mass is 127. The molecule has 1 unspecified atom stereocenters. The van der Waals surface area contributed by atoms with Gasteiger partial charge in [-0.2, -0.15) is 0 Å². The number of aryl methyl sites for hydroxylation is 1. The van der Waals surface area contributed by atoms with Gasteiger partial charge in [-0.3, -0.25) is 4.99 Å². The summed E-state index contributed by atoms with van der Waals surface area (Å²) in [6.07, 6.45) is 3.16. The maximum absolute atomic E-state index is 5.79. The van der Waals surface area contributed by atoms with Crippen molar-refractivity contribution in [2.75, 3.05) is 33.9 Å². The molecule has 2 rings (SSSR count). The van der Waals surface area contributed by atoms with Gasteiger partial charge < -0.3 is 20.1 Å². The van der Waals surface area contributed by atoms with Crippen LogP contribution in [0.5, 0.6) is 5.75 Å². The molecule has 2 N–H and O–H groups in total. The number of nitrogens with zero attached hydrogens (tertiary/aromatic N) is 1. The standard InChI is InChI=1S/C18H29N3O2.HI/c1-14-6-7-15(12-16(14)22-4)8-10-20-17(19-3)21-13-18(2)9-5-11-23-18;/h6-7,12H,5,8-11,13H2,1-4H3,(H2,19,20,21);1H. The molecular weight excluding hydrogens is 417 g/mol. The molecule has 0 amide bonds. The summed E-state index contributed by atoms with van der Waals surface area (Å²) >= 11 is 0. The molecule has 136 valence electrons. The second kappa shape index (κ2) is 10.1. The number of benzene rings is 1. The molecule has 1 aromatic rings. The van der Waals surface area contributed by atoms with Gasteiger partial charge in [0.15, 0.2) is 5.96 Å². The maximum Gasteiger partial charge on any atom is 0.191 e. The molecule has 5 nitrogen and oxygen atoms in total. The second-order valence-corrected chi connectivity index (χ2v) is 6.31. The Morgan fingerprint density at radius 1 is 1.38 bits per heavy atom. The Labute approximate surface area is 162 Å². The van der Waals surface area contributed by atoms with Crippen LogP contribution in [0, 0.1) is 6.92 Å². The van der Waals surface area contributed by atoms with Crippen molar-refractivity contribution in [1.82, 2.24) is 10.6 Å². The van der Waals surface area contributed by atoms with Gasteiger partial charge in [-0.1, -0.05) is 12.1 Å². The van der Waals surface area contributed by atoms with E-state index < -0.39 is 0 Å². The number of aliphatic imine (C=N–C) groups is 1. The summed E-state index contributed by atoms with van der Waals surface area (Å²) in [5, 5.41) is 6.71. The van der Waals surface area contributed by atoms with Gasteiger partial charge in [0.05, 0.1) is 12.7 Å². The smallest absolute Gasteiger partial charge is 0.191 e. The molecule has 0 spiro atoms. The first-order valence-electron chi connectivity index (χ1n) is 8.28. The number of methoxy groups -OCH3 is 1. The minimum absolute atomic E-state index is 0. The van der Waals surface area contributed by atoms with Crippen LogP contribution in [0.1, 0.15) is 30.9 Å². The minimum atomic E-state index is -0.0675. The molecule has 1 fully saturated rings. The van der Waals surface area contributed by atoms with Gasteiger partial charge in [-0.05, 0) is 50.3 Å². The number of halogens is 1. The lowest BCUT2D eigenvalue weighted by Gasteiger charge is -2.24. The van der Waals surface area contributed by atoms with Gasteiger partial charge in [-0.15, -0.1) is 24.0 Å². The average molecular weight is 447 g/mol. The van der Waals surface area contributed by atoms with Crippen molar-refractivity contribution < 1.29 is 9.47 Å². The molecule has 1 aliphatic rings. The third kappa shape index (κ3) is 6.12. The molecule has 1 aliphatic heterocycles. The van der Waals surface area contributed by atoms with Crippen LogP contribution in [0.25, 0.3) is 0 Å². The number of guanidine groups is 1. The van der Waals surface area contributed by atoms with Crippen LogP contribution < -0.4 is 15.4 Å². The van der Waals surface area contributed by atoms with Gasteiger partial charge >= 0.3 is 0 Å². The van der Waals surface area contributed by atoms with Crippen molar-refractivity contribution in [1.29, 1.82) is 0 Å². The number of nitrogens with one attached hydrogen (secondary N) is 2. The molecule has 1 heterocycles. The molecule has 0 radical (unpaired) electrons. The first-order chi connectivity index (χ1) is 11.1. The third-order valence-electron chi connectivity index (χ3n) is 4.33. The fraction of sp³-hybridized carbons (Fsp3) is 0.611. The third-order valence-corrected chi connectivity index (χ3v) is 4.33. The number of ether oxygens (including phenoxy) is 2. The van der Waals surface area contributed by atoms with E-state index in [9.17, 15) is 0 Å². The van der Waals surface area contributed by atoms with Crippen LogP contribution in [-0.2, 0) is 11.2 Å². The minimum Gasteiger partial charge on any atom is -0.496 e. The fourth-order valence-electron chi connectivity index (χ4n) is 2.81. The van der Waals surface area contributed by atoms with E-state index in [0.29, 0.717) is 0 Å². The van der Waals surface area contributed by atoms with Crippen LogP contribution in [0.4, 0.5) is 0 Å². The monoisotopic (exact) mass is 447 g/mol. The molecule has 1 saturated heterocycles. The Kier molecular flexibility index (Phi) is 8.83. The quantitative estimate of drug-likeness (QED) is 0.400. The van der Waals surface area contributed by atoms with Crippen LogP contribution in [0.15, 0.2) is 23.2 Å². The maximum atomic E-state index is 5.79. The summed E-state index contributed by atoms with van der Waals surface area (Å²) in [5.41, 5.74) is 2.34. The van der Waals surface area contributed by atoms with E-state index in [1.165, 1.54) is 5.56 Å². The summed E-state index contributed by atoms with van der Waals surface area (Å²) in [5.74, 6) is 1.76. The van der Waals surface area contributed by atoms with Crippen molar-refractivity contribution in [3.63, 3.8) is 0 Å². The van der Waals surface area contributed by atoms with Crippen molar-refractivity contribution in [2.24, 2.45) is 4.99 Å². The van der Waals surface area contributed by atoms with Gasteiger partial charge in [-0.25, -0.2) is 0 Å². The Balaban J connectivity index is 0.00000288. The molecule has 0 aliphatic carbocycles. The van der Waals surface area contributed by atoms with Crippen molar-refractivity contribution in [2.45, 2.75) is 38.7 Å². The Bertz CT molecular complexity index is 543. The molecule has 1 atom stereocenters. The zero-order valence-electron chi connectivity index (χ0n) is 15.1. The van der Waals surface area contributed by atoms with Crippen LogP contribution >= 0.6 is 24.0 Å². The summed E-state index contributed by atoms with van der Waals surface area (Å²) in [7, 11) is 3.50. The zero-order valence-corrected chi connectivity index (χ0v) is 17.5. The van der Waals surface area contributed by atoms with E-state index in [2.05, 4.69) is 47.7 Å².